The van der Waals surface area contributed by atoms with Crippen LogP contribution in [0.3, 0.4) is 0 Å². The Morgan fingerprint density at radius 2 is 2.10 bits per heavy atom. The van der Waals surface area contributed by atoms with Crippen LogP contribution in [0, 0.1) is 0 Å². The zero-order valence-electron chi connectivity index (χ0n) is 11.3. The number of tetrazole rings is 1. The third-order valence-electron chi connectivity index (χ3n) is 3.76. The van der Waals surface area contributed by atoms with Crippen LogP contribution >= 0.6 is 15.9 Å². The van der Waals surface area contributed by atoms with Crippen molar-refractivity contribution in [2.24, 2.45) is 0 Å². The summed E-state index contributed by atoms with van der Waals surface area (Å²) >= 11 is 3.51. The SMILES string of the molecule is BrCCCC1CCCN1c1nnnn1-c1ccccc1. The van der Waals surface area contributed by atoms with Gasteiger partial charge < -0.3 is 4.90 Å². The van der Waals surface area contributed by atoms with E-state index in [9.17, 15) is 0 Å². The van der Waals surface area contributed by atoms with Crippen LogP contribution in [0.1, 0.15) is 25.7 Å². The Morgan fingerprint density at radius 3 is 2.90 bits per heavy atom. The summed E-state index contributed by atoms with van der Waals surface area (Å²) in [5, 5.41) is 13.3. The fraction of sp³-hybridized carbons (Fsp3) is 0.500. The average molecular weight is 336 g/mol. The topological polar surface area (TPSA) is 46.8 Å². The Hall–Kier alpha value is -1.43. The first kappa shape index (κ1) is 13.5. The second kappa shape index (κ2) is 6.35. The third kappa shape index (κ3) is 2.70. The molecule has 0 spiro atoms. The van der Waals surface area contributed by atoms with Gasteiger partial charge >= 0.3 is 0 Å². The quantitative estimate of drug-likeness (QED) is 0.788. The zero-order chi connectivity index (χ0) is 13.8. The maximum absolute atomic E-state index is 4.25. The van der Waals surface area contributed by atoms with Crippen LogP contribution in [0.5, 0.6) is 0 Å². The molecule has 2 aromatic rings. The van der Waals surface area contributed by atoms with Crippen LogP contribution in [-0.4, -0.2) is 38.1 Å². The Kier molecular flexibility index (Phi) is 4.30. The molecule has 1 aliphatic rings. The number of hydrogen-bond donors (Lipinski definition) is 0. The highest BCUT2D eigenvalue weighted by Crippen LogP contribution is 2.27. The molecule has 1 fully saturated rings. The first-order chi connectivity index (χ1) is 9.90. The Bertz CT molecular complexity index is 542. The summed E-state index contributed by atoms with van der Waals surface area (Å²) < 4.78 is 1.84. The van der Waals surface area contributed by atoms with Crippen molar-refractivity contribution in [1.29, 1.82) is 0 Å². The molecule has 0 saturated carbocycles. The molecule has 0 aliphatic carbocycles. The first-order valence-corrected chi connectivity index (χ1v) is 8.18. The monoisotopic (exact) mass is 335 g/mol. The molecule has 106 valence electrons. The Balaban J connectivity index is 1.86. The van der Waals surface area contributed by atoms with Crippen molar-refractivity contribution in [3.05, 3.63) is 30.3 Å². The van der Waals surface area contributed by atoms with Gasteiger partial charge in [-0.15, -0.1) is 0 Å². The summed E-state index contributed by atoms with van der Waals surface area (Å²) in [7, 11) is 0. The van der Waals surface area contributed by atoms with Crippen LogP contribution < -0.4 is 4.90 Å². The number of halogens is 1. The second-order valence-electron chi connectivity index (χ2n) is 5.05. The van der Waals surface area contributed by atoms with E-state index in [0.717, 1.165) is 23.5 Å². The smallest absolute Gasteiger partial charge is 0.250 e. The minimum Gasteiger partial charge on any atom is -0.336 e. The first-order valence-electron chi connectivity index (χ1n) is 7.06. The second-order valence-corrected chi connectivity index (χ2v) is 5.84. The molecule has 1 aliphatic heterocycles. The van der Waals surface area contributed by atoms with E-state index in [1.54, 1.807) is 0 Å². The van der Waals surface area contributed by atoms with Crippen molar-refractivity contribution >= 4 is 21.9 Å². The minimum absolute atomic E-state index is 0.556. The number of alkyl halides is 1. The fourth-order valence-corrected chi connectivity index (χ4v) is 3.13. The van der Waals surface area contributed by atoms with Gasteiger partial charge in [0.05, 0.1) is 5.69 Å². The molecule has 1 aromatic heterocycles. The Morgan fingerprint density at radius 1 is 1.25 bits per heavy atom. The molecule has 0 amide bonds. The van der Waals surface area contributed by atoms with Crippen LogP contribution in [-0.2, 0) is 0 Å². The highest BCUT2D eigenvalue weighted by molar-refractivity contribution is 9.09. The van der Waals surface area contributed by atoms with E-state index >= 15 is 0 Å². The number of aromatic nitrogens is 4. The van der Waals surface area contributed by atoms with E-state index in [4.69, 9.17) is 0 Å². The summed E-state index contributed by atoms with van der Waals surface area (Å²) in [4.78, 5) is 2.36. The van der Waals surface area contributed by atoms with Gasteiger partial charge in [-0.2, -0.15) is 4.68 Å². The summed E-state index contributed by atoms with van der Waals surface area (Å²) in [5.74, 6) is 0.869. The highest BCUT2D eigenvalue weighted by Gasteiger charge is 2.28. The lowest BCUT2D eigenvalue weighted by Gasteiger charge is -2.24. The molecule has 1 atom stereocenters. The predicted octanol–water partition coefficient (Wildman–Crippen LogP) is 2.81. The van der Waals surface area contributed by atoms with Gasteiger partial charge in [0.25, 0.3) is 5.95 Å². The Labute approximate surface area is 127 Å². The van der Waals surface area contributed by atoms with Gasteiger partial charge in [0.1, 0.15) is 0 Å². The number of anilines is 1. The van der Waals surface area contributed by atoms with Crippen LogP contribution in [0.25, 0.3) is 5.69 Å². The van der Waals surface area contributed by atoms with Crippen molar-refractivity contribution in [3.63, 3.8) is 0 Å². The normalized spacial score (nSPS) is 18.6. The lowest BCUT2D eigenvalue weighted by molar-refractivity contribution is 0.591. The van der Waals surface area contributed by atoms with Gasteiger partial charge in [0.2, 0.25) is 0 Å². The fourth-order valence-electron chi connectivity index (χ4n) is 2.81. The van der Waals surface area contributed by atoms with Crippen molar-refractivity contribution in [1.82, 2.24) is 20.2 Å². The number of para-hydroxylation sites is 1. The van der Waals surface area contributed by atoms with E-state index in [0.29, 0.717) is 6.04 Å². The van der Waals surface area contributed by atoms with E-state index in [2.05, 4.69) is 36.4 Å². The van der Waals surface area contributed by atoms with E-state index in [1.165, 1.54) is 25.7 Å². The van der Waals surface area contributed by atoms with Crippen molar-refractivity contribution < 1.29 is 0 Å². The molecule has 0 radical (unpaired) electrons. The summed E-state index contributed by atoms with van der Waals surface area (Å²) in [5.41, 5.74) is 1.01. The predicted molar refractivity (Wildman–Crippen MR) is 82.6 cm³/mol. The largest absolute Gasteiger partial charge is 0.336 e. The molecular formula is C14H18BrN5. The lowest BCUT2D eigenvalue weighted by atomic mass is 10.1. The molecule has 0 bridgehead atoms. The zero-order valence-corrected chi connectivity index (χ0v) is 12.9. The molecule has 1 unspecified atom stereocenters. The lowest BCUT2D eigenvalue weighted by Crippen LogP contribution is -2.31. The molecule has 2 heterocycles. The molecule has 6 heteroatoms. The molecule has 3 rings (SSSR count). The number of rotatable bonds is 5. The molecule has 1 aromatic carbocycles. The van der Waals surface area contributed by atoms with Gasteiger partial charge in [-0.3, -0.25) is 0 Å². The van der Waals surface area contributed by atoms with Crippen molar-refractivity contribution in [2.75, 3.05) is 16.8 Å². The highest BCUT2D eigenvalue weighted by atomic mass is 79.9. The molecule has 1 saturated heterocycles. The third-order valence-corrected chi connectivity index (χ3v) is 4.32. The number of benzene rings is 1. The average Bonchev–Trinajstić information content (AvgIpc) is 3.14. The van der Waals surface area contributed by atoms with E-state index < -0.39 is 0 Å². The molecule has 20 heavy (non-hydrogen) atoms. The summed E-state index contributed by atoms with van der Waals surface area (Å²) in [6.45, 7) is 1.04. The number of nitrogens with zero attached hydrogens (tertiary/aromatic N) is 5. The van der Waals surface area contributed by atoms with E-state index in [-0.39, 0.29) is 0 Å². The van der Waals surface area contributed by atoms with Crippen LogP contribution in [0.2, 0.25) is 0 Å². The summed E-state index contributed by atoms with van der Waals surface area (Å²) in [6.07, 6.45) is 4.82. The van der Waals surface area contributed by atoms with Crippen molar-refractivity contribution in [2.45, 2.75) is 31.7 Å². The van der Waals surface area contributed by atoms with Crippen LogP contribution in [0.4, 0.5) is 5.95 Å². The minimum atomic E-state index is 0.556. The van der Waals surface area contributed by atoms with E-state index in [1.807, 2.05) is 35.0 Å². The van der Waals surface area contributed by atoms with Gasteiger partial charge in [0, 0.05) is 17.9 Å². The van der Waals surface area contributed by atoms with Gasteiger partial charge in [0.15, 0.2) is 0 Å². The van der Waals surface area contributed by atoms with Gasteiger partial charge in [-0.25, -0.2) is 0 Å². The van der Waals surface area contributed by atoms with Crippen molar-refractivity contribution in [3.8, 4) is 5.69 Å². The van der Waals surface area contributed by atoms with Crippen LogP contribution in [0.15, 0.2) is 30.3 Å². The maximum Gasteiger partial charge on any atom is 0.250 e. The number of hydrogen-bond acceptors (Lipinski definition) is 4. The standard InChI is InChI=1S/C14H18BrN5/c15-10-4-8-12-9-5-11-19(12)14-16-17-18-20(14)13-6-2-1-3-7-13/h1-3,6-7,12H,4-5,8-11H2. The molecule has 5 nitrogen and oxygen atoms in total. The van der Waals surface area contributed by atoms with Gasteiger partial charge in [-0.05, 0) is 48.2 Å². The molecule has 0 N–H and O–H groups in total. The maximum atomic E-state index is 4.25. The molecular weight excluding hydrogens is 318 g/mol. The summed E-state index contributed by atoms with van der Waals surface area (Å²) in [6, 6.07) is 10.6. The van der Waals surface area contributed by atoms with Gasteiger partial charge in [-0.1, -0.05) is 39.2 Å².